The molecule has 0 aromatic heterocycles. The monoisotopic (exact) mass is 264 g/mol. The first-order chi connectivity index (χ1) is 7.85. The first kappa shape index (κ1) is 13.6. The number of carbonyl (C=O) groups excluding carboxylic acids is 3. The van der Waals surface area contributed by atoms with Crippen molar-refractivity contribution in [1.29, 1.82) is 0 Å². The van der Waals surface area contributed by atoms with E-state index in [4.69, 9.17) is 0 Å². The number of piperazine rings is 1. The molecule has 0 radical (unpaired) electrons. The summed E-state index contributed by atoms with van der Waals surface area (Å²) in [6.45, 7) is -0.815. The zero-order chi connectivity index (χ0) is 13.1. The third-order valence-corrected chi connectivity index (χ3v) is 3.87. The number of rotatable bonds is 4. The van der Waals surface area contributed by atoms with Crippen LogP contribution in [-0.2, 0) is 29.1 Å². The molecule has 0 bridgehead atoms. The predicted molar refractivity (Wildman–Crippen MR) is 55.1 cm³/mol. The second-order valence-electron chi connectivity index (χ2n) is 3.38. The van der Waals surface area contributed by atoms with Crippen molar-refractivity contribution in [1.82, 2.24) is 9.62 Å². The number of esters is 1. The van der Waals surface area contributed by atoms with E-state index < -0.39 is 46.6 Å². The number of nitrogens with zero attached hydrogens (tertiary/aromatic N) is 1. The lowest BCUT2D eigenvalue weighted by Crippen LogP contribution is -2.53. The van der Waals surface area contributed by atoms with Gasteiger partial charge >= 0.3 is 5.97 Å². The predicted octanol–water partition coefficient (Wildman–Crippen LogP) is -2.16. The zero-order valence-corrected chi connectivity index (χ0v) is 9.95. The SMILES string of the molecule is COC(=O)CCS(=O)(=O)N1CC(=O)NC(=O)C1. The molecule has 0 aromatic rings. The van der Waals surface area contributed by atoms with Gasteiger partial charge in [-0.15, -0.1) is 0 Å². The van der Waals surface area contributed by atoms with Crippen LogP contribution >= 0.6 is 0 Å². The number of amides is 2. The molecular weight excluding hydrogens is 252 g/mol. The standard InChI is InChI=1S/C8H12N2O6S/c1-16-8(13)2-3-17(14,15)10-4-6(11)9-7(12)5-10/h2-5H2,1H3,(H,9,11,12). The van der Waals surface area contributed by atoms with Gasteiger partial charge in [-0.3, -0.25) is 19.7 Å². The summed E-state index contributed by atoms with van der Waals surface area (Å²) in [4.78, 5) is 32.8. The van der Waals surface area contributed by atoms with Crippen molar-refractivity contribution in [2.24, 2.45) is 0 Å². The second kappa shape index (κ2) is 5.23. The minimum atomic E-state index is -3.80. The van der Waals surface area contributed by atoms with E-state index in [-0.39, 0.29) is 6.42 Å². The molecule has 1 aliphatic heterocycles. The lowest BCUT2D eigenvalue weighted by Gasteiger charge is -2.24. The van der Waals surface area contributed by atoms with Crippen molar-refractivity contribution in [3.63, 3.8) is 0 Å². The lowest BCUT2D eigenvalue weighted by molar-refractivity contribution is -0.140. The molecule has 17 heavy (non-hydrogen) atoms. The van der Waals surface area contributed by atoms with Crippen LogP contribution in [0.4, 0.5) is 0 Å². The highest BCUT2D eigenvalue weighted by Crippen LogP contribution is 2.06. The molecule has 1 heterocycles. The van der Waals surface area contributed by atoms with Gasteiger partial charge in [0.25, 0.3) is 0 Å². The highest BCUT2D eigenvalue weighted by Gasteiger charge is 2.31. The van der Waals surface area contributed by atoms with Gasteiger partial charge in [-0.2, -0.15) is 4.31 Å². The van der Waals surface area contributed by atoms with Gasteiger partial charge in [-0.05, 0) is 0 Å². The lowest BCUT2D eigenvalue weighted by atomic mass is 10.4. The molecule has 0 spiro atoms. The van der Waals surface area contributed by atoms with Gasteiger partial charge < -0.3 is 4.74 Å². The molecule has 0 unspecified atom stereocenters. The number of sulfonamides is 1. The van der Waals surface area contributed by atoms with Crippen LogP contribution in [0.1, 0.15) is 6.42 Å². The Morgan fingerprint density at radius 3 is 2.35 bits per heavy atom. The molecule has 2 amide bonds. The van der Waals surface area contributed by atoms with Gasteiger partial charge in [0, 0.05) is 0 Å². The van der Waals surface area contributed by atoms with Gasteiger partial charge in [0.1, 0.15) is 0 Å². The van der Waals surface area contributed by atoms with E-state index in [0.717, 1.165) is 11.4 Å². The first-order valence-corrected chi connectivity index (χ1v) is 6.33. The summed E-state index contributed by atoms with van der Waals surface area (Å²) >= 11 is 0. The van der Waals surface area contributed by atoms with Crippen LogP contribution in [-0.4, -0.2) is 56.5 Å². The van der Waals surface area contributed by atoms with E-state index in [1.807, 2.05) is 5.32 Å². The number of methoxy groups -OCH3 is 1. The Bertz CT molecular complexity index is 427. The van der Waals surface area contributed by atoms with Gasteiger partial charge in [-0.1, -0.05) is 0 Å². The zero-order valence-electron chi connectivity index (χ0n) is 9.13. The van der Waals surface area contributed by atoms with Crippen LogP contribution in [0.25, 0.3) is 0 Å². The molecule has 96 valence electrons. The van der Waals surface area contributed by atoms with Gasteiger partial charge in [0.2, 0.25) is 21.8 Å². The molecular formula is C8H12N2O6S. The summed E-state index contributed by atoms with van der Waals surface area (Å²) in [7, 11) is -2.66. The Labute approximate surface area is 98.0 Å². The van der Waals surface area contributed by atoms with Gasteiger partial charge in [0.15, 0.2) is 0 Å². The summed E-state index contributed by atoms with van der Waals surface area (Å²) in [5.41, 5.74) is 0. The van der Waals surface area contributed by atoms with Crippen molar-refractivity contribution in [3.05, 3.63) is 0 Å². The van der Waals surface area contributed by atoms with Crippen LogP contribution in [0.5, 0.6) is 0 Å². The maximum absolute atomic E-state index is 11.7. The average Bonchev–Trinajstić information content (AvgIpc) is 2.24. The molecule has 1 fully saturated rings. The van der Waals surface area contributed by atoms with Crippen LogP contribution < -0.4 is 5.32 Å². The number of carbonyl (C=O) groups is 3. The summed E-state index contributed by atoms with van der Waals surface area (Å²) < 4.78 is 28.4. The summed E-state index contributed by atoms with van der Waals surface area (Å²) in [5, 5.41) is 1.98. The number of hydrogen-bond donors (Lipinski definition) is 1. The van der Waals surface area contributed by atoms with E-state index in [2.05, 4.69) is 4.74 Å². The van der Waals surface area contributed by atoms with E-state index in [1.165, 1.54) is 0 Å². The maximum atomic E-state index is 11.7. The van der Waals surface area contributed by atoms with Crippen molar-refractivity contribution in [3.8, 4) is 0 Å². The number of nitrogens with one attached hydrogen (secondary N) is 1. The van der Waals surface area contributed by atoms with E-state index >= 15 is 0 Å². The number of imide groups is 1. The van der Waals surface area contributed by atoms with E-state index in [1.54, 1.807) is 0 Å². The number of ether oxygens (including phenoxy) is 1. The molecule has 0 aromatic carbocycles. The van der Waals surface area contributed by atoms with Crippen molar-refractivity contribution < 1.29 is 27.5 Å². The van der Waals surface area contributed by atoms with Crippen molar-refractivity contribution in [2.75, 3.05) is 26.0 Å². The van der Waals surface area contributed by atoms with Crippen LogP contribution in [0, 0.1) is 0 Å². The summed E-state index contributed by atoms with van der Waals surface area (Å²) in [6, 6.07) is 0. The summed E-state index contributed by atoms with van der Waals surface area (Å²) in [6.07, 6.45) is -0.314. The van der Waals surface area contributed by atoms with Gasteiger partial charge in [0.05, 0.1) is 32.4 Å². The van der Waals surface area contributed by atoms with Crippen molar-refractivity contribution >= 4 is 27.8 Å². The third-order valence-electron chi connectivity index (χ3n) is 2.10. The fraction of sp³-hybridized carbons (Fsp3) is 0.625. The van der Waals surface area contributed by atoms with Crippen LogP contribution in [0.15, 0.2) is 0 Å². The first-order valence-electron chi connectivity index (χ1n) is 4.72. The largest absolute Gasteiger partial charge is 0.469 e. The molecule has 0 aliphatic carbocycles. The molecule has 1 saturated heterocycles. The van der Waals surface area contributed by atoms with E-state index in [9.17, 15) is 22.8 Å². The summed E-state index contributed by atoms with van der Waals surface area (Å²) in [5.74, 6) is -2.51. The molecule has 9 heteroatoms. The second-order valence-corrected chi connectivity index (χ2v) is 5.47. The Morgan fingerprint density at radius 1 is 1.35 bits per heavy atom. The minimum absolute atomic E-state index is 0.314. The molecule has 1 aliphatic rings. The quantitative estimate of drug-likeness (QED) is 0.457. The maximum Gasteiger partial charge on any atom is 0.306 e. The topological polar surface area (TPSA) is 110 Å². The van der Waals surface area contributed by atoms with Gasteiger partial charge in [-0.25, -0.2) is 8.42 Å². The van der Waals surface area contributed by atoms with Crippen molar-refractivity contribution in [2.45, 2.75) is 6.42 Å². The molecule has 0 saturated carbocycles. The molecule has 0 atom stereocenters. The Balaban J connectivity index is 2.66. The normalized spacial score (nSPS) is 17.7. The fourth-order valence-electron chi connectivity index (χ4n) is 1.25. The highest BCUT2D eigenvalue weighted by atomic mass is 32.2. The van der Waals surface area contributed by atoms with Crippen LogP contribution in [0.2, 0.25) is 0 Å². The Kier molecular flexibility index (Phi) is 4.18. The van der Waals surface area contributed by atoms with E-state index in [0.29, 0.717) is 0 Å². The molecule has 8 nitrogen and oxygen atoms in total. The van der Waals surface area contributed by atoms with Crippen LogP contribution in [0.3, 0.4) is 0 Å². The Hall–Kier alpha value is -1.48. The third kappa shape index (κ3) is 3.79. The molecule has 1 rings (SSSR count). The Morgan fingerprint density at radius 2 is 1.88 bits per heavy atom. The molecule has 1 N–H and O–H groups in total. The smallest absolute Gasteiger partial charge is 0.306 e. The number of hydrogen-bond acceptors (Lipinski definition) is 6. The average molecular weight is 264 g/mol. The minimum Gasteiger partial charge on any atom is -0.469 e. The highest BCUT2D eigenvalue weighted by molar-refractivity contribution is 7.89. The fourth-order valence-corrected chi connectivity index (χ4v) is 2.56.